The lowest BCUT2D eigenvalue weighted by Crippen LogP contribution is -2.00. The van der Waals surface area contributed by atoms with Crippen LogP contribution in [-0.2, 0) is 0 Å². The highest BCUT2D eigenvalue weighted by Gasteiger charge is 1.96. The van der Waals surface area contributed by atoms with E-state index in [2.05, 4.69) is 6.26 Å². The molecule has 0 aliphatic rings. The molecule has 0 saturated carbocycles. The van der Waals surface area contributed by atoms with Gasteiger partial charge in [0, 0.05) is 11.8 Å². The quantitative estimate of drug-likeness (QED) is 0.676. The van der Waals surface area contributed by atoms with E-state index in [0.717, 1.165) is 23.9 Å². The molecule has 0 aromatic heterocycles. The van der Waals surface area contributed by atoms with Gasteiger partial charge in [0.05, 0.1) is 13.2 Å². The molecule has 0 bridgehead atoms. The Morgan fingerprint density at radius 2 is 1.93 bits per heavy atom. The third kappa shape index (κ3) is 3.92. The number of benzene rings is 1. The number of ether oxygens (including phenoxy) is 2. The summed E-state index contributed by atoms with van der Waals surface area (Å²) in [6, 6.07) is 7.75. The number of hydrogen-bond acceptors (Lipinski definition) is 3. The van der Waals surface area contributed by atoms with Crippen LogP contribution in [0.15, 0.2) is 24.3 Å². The third-order valence-electron chi connectivity index (χ3n) is 1.67. The maximum absolute atomic E-state index is 5.53. The fourth-order valence-corrected chi connectivity index (χ4v) is 1.31. The van der Waals surface area contributed by atoms with E-state index in [4.69, 9.17) is 9.47 Å². The molecule has 1 aromatic carbocycles. The molecule has 0 amide bonds. The van der Waals surface area contributed by atoms with E-state index >= 15 is 0 Å². The van der Waals surface area contributed by atoms with Gasteiger partial charge in [0.25, 0.3) is 0 Å². The average molecular weight is 212 g/mol. The monoisotopic (exact) mass is 212 g/mol. The summed E-state index contributed by atoms with van der Waals surface area (Å²) in [5.74, 6) is 2.76. The molecule has 0 spiro atoms. The van der Waals surface area contributed by atoms with Crippen molar-refractivity contribution in [2.75, 3.05) is 25.2 Å². The van der Waals surface area contributed by atoms with E-state index in [0.29, 0.717) is 6.61 Å². The topological polar surface area (TPSA) is 18.5 Å². The molecule has 0 aliphatic carbocycles. The molecule has 0 radical (unpaired) electrons. The largest absolute Gasteiger partial charge is 0.494 e. The molecule has 2 nitrogen and oxygen atoms in total. The first kappa shape index (κ1) is 11.2. The van der Waals surface area contributed by atoms with E-state index in [1.807, 2.05) is 31.2 Å². The van der Waals surface area contributed by atoms with Crippen LogP contribution in [0.2, 0.25) is 0 Å². The van der Waals surface area contributed by atoms with E-state index in [1.165, 1.54) is 0 Å². The first-order valence-corrected chi connectivity index (χ1v) is 6.10. The van der Waals surface area contributed by atoms with E-state index in [1.54, 1.807) is 11.8 Å². The minimum absolute atomic E-state index is 0.689. The van der Waals surface area contributed by atoms with Gasteiger partial charge in [-0.15, -0.1) is 0 Å². The first-order chi connectivity index (χ1) is 6.86. The Morgan fingerprint density at radius 1 is 1.21 bits per heavy atom. The second-order valence-corrected chi connectivity index (χ2v) is 3.73. The molecule has 0 atom stereocenters. The molecule has 0 aliphatic heterocycles. The Bertz CT molecular complexity index is 263. The van der Waals surface area contributed by atoms with Crippen molar-refractivity contribution in [1.29, 1.82) is 0 Å². The van der Waals surface area contributed by atoms with Crippen LogP contribution in [0.25, 0.3) is 0 Å². The van der Waals surface area contributed by atoms with Gasteiger partial charge < -0.3 is 9.47 Å². The van der Waals surface area contributed by atoms with Gasteiger partial charge in [0.2, 0.25) is 0 Å². The number of rotatable bonds is 6. The Balaban J connectivity index is 2.46. The smallest absolute Gasteiger partial charge is 0.123 e. The van der Waals surface area contributed by atoms with Gasteiger partial charge in [-0.3, -0.25) is 0 Å². The lowest BCUT2D eigenvalue weighted by molar-refractivity contribution is 0.325. The Kier molecular flexibility index (Phi) is 5.30. The van der Waals surface area contributed by atoms with Crippen LogP contribution in [0.5, 0.6) is 11.5 Å². The minimum atomic E-state index is 0.689. The molecule has 0 N–H and O–H groups in total. The number of hydrogen-bond donors (Lipinski definition) is 0. The molecule has 0 saturated heterocycles. The third-order valence-corrected chi connectivity index (χ3v) is 2.25. The summed E-state index contributed by atoms with van der Waals surface area (Å²) in [5.41, 5.74) is 0. The summed E-state index contributed by atoms with van der Waals surface area (Å²) in [5, 5.41) is 0. The molecule has 1 rings (SSSR count). The molecule has 0 unspecified atom stereocenters. The molecule has 14 heavy (non-hydrogen) atoms. The highest BCUT2D eigenvalue weighted by Crippen LogP contribution is 2.19. The Labute approximate surface area is 89.6 Å². The van der Waals surface area contributed by atoms with Crippen molar-refractivity contribution in [2.24, 2.45) is 0 Å². The zero-order valence-corrected chi connectivity index (χ0v) is 9.47. The molecular weight excluding hydrogens is 196 g/mol. The minimum Gasteiger partial charge on any atom is -0.494 e. The summed E-state index contributed by atoms with van der Waals surface area (Å²) in [6.45, 7) is 3.41. The summed E-state index contributed by atoms with van der Waals surface area (Å²) >= 11 is 1.78. The van der Waals surface area contributed by atoms with Crippen molar-refractivity contribution in [3.05, 3.63) is 24.3 Å². The number of thioether (sulfide) groups is 1. The molecule has 1 aromatic rings. The second kappa shape index (κ2) is 6.60. The Morgan fingerprint density at radius 3 is 2.57 bits per heavy atom. The lowest BCUT2D eigenvalue weighted by atomic mass is 10.3. The summed E-state index contributed by atoms with van der Waals surface area (Å²) in [6.07, 6.45) is 2.07. The highest BCUT2D eigenvalue weighted by molar-refractivity contribution is 7.98. The molecular formula is C11H16O2S. The molecule has 0 heterocycles. The van der Waals surface area contributed by atoms with Crippen LogP contribution in [0.3, 0.4) is 0 Å². The zero-order valence-electron chi connectivity index (χ0n) is 8.66. The van der Waals surface area contributed by atoms with Crippen molar-refractivity contribution in [3.8, 4) is 11.5 Å². The van der Waals surface area contributed by atoms with Gasteiger partial charge in [0.1, 0.15) is 11.5 Å². The maximum Gasteiger partial charge on any atom is 0.123 e. The van der Waals surface area contributed by atoms with Crippen molar-refractivity contribution in [3.63, 3.8) is 0 Å². The summed E-state index contributed by atoms with van der Waals surface area (Å²) in [4.78, 5) is 0. The fourth-order valence-electron chi connectivity index (χ4n) is 1.06. The first-order valence-electron chi connectivity index (χ1n) is 4.71. The van der Waals surface area contributed by atoms with Crippen LogP contribution in [0.4, 0.5) is 0 Å². The van der Waals surface area contributed by atoms with Crippen LogP contribution >= 0.6 is 11.8 Å². The zero-order chi connectivity index (χ0) is 10.2. The highest BCUT2D eigenvalue weighted by atomic mass is 32.2. The molecule has 0 fully saturated rings. The lowest BCUT2D eigenvalue weighted by Gasteiger charge is -2.07. The predicted molar refractivity (Wildman–Crippen MR) is 61.5 cm³/mol. The van der Waals surface area contributed by atoms with Crippen LogP contribution in [0, 0.1) is 0 Å². The van der Waals surface area contributed by atoms with Gasteiger partial charge in [-0.25, -0.2) is 0 Å². The van der Waals surface area contributed by atoms with Crippen LogP contribution < -0.4 is 9.47 Å². The summed E-state index contributed by atoms with van der Waals surface area (Å²) in [7, 11) is 0. The van der Waals surface area contributed by atoms with Gasteiger partial charge in [-0.1, -0.05) is 6.07 Å². The van der Waals surface area contributed by atoms with E-state index in [-0.39, 0.29) is 0 Å². The molecule has 3 heteroatoms. The second-order valence-electron chi connectivity index (χ2n) is 2.75. The SMILES string of the molecule is CCOc1cccc(OCCSC)c1. The van der Waals surface area contributed by atoms with Gasteiger partial charge >= 0.3 is 0 Å². The van der Waals surface area contributed by atoms with Crippen molar-refractivity contribution >= 4 is 11.8 Å². The van der Waals surface area contributed by atoms with Crippen molar-refractivity contribution in [2.45, 2.75) is 6.92 Å². The normalized spacial score (nSPS) is 9.86. The maximum atomic E-state index is 5.53. The Hall–Kier alpha value is -0.830. The van der Waals surface area contributed by atoms with Crippen LogP contribution in [-0.4, -0.2) is 25.2 Å². The van der Waals surface area contributed by atoms with Crippen LogP contribution in [0.1, 0.15) is 6.92 Å². The van der Waals surface area contributed by atoms with E-state index < -0.39 is 0 Å². The van der Waals surface area contributed by atoms with E-state index in [9.17, 15) is 0 Å². The fraction of sp³-hybridized carbons (Fsp3) is 0.455. The van der Waals surface area contributed by atoms with Gasteiger partial charge in [-0.2, -0.15) is 11.8 Å². The average Bonchev–Trinajstić information content (AvgIpc) is 2.19. The predicted octanol–water partition coefficient (Wildman–Crippen LogP) is 2.83. The standard InChI is InChI=1S/C11H16O2S/c1-3-12-10-5-4-6-11(9-10)13-7-8-14-2/h4-6,9H,3,7-8H2,1-2H3. The summed E-state index contributed by atoms with van der Waals surface area (Å²) < 4.78 is 10.9. The molecule has 78 valence electrons. The van der Waals surface area contributed by atoms with Crippen molar-refractivity contribution < 1.29 is 9.47 Å². The van der Waals surface area contributed by atoms with Crippen molar-refractivity contribution in [1.82, 2.24) is 0 Å². The van der Waals surface area contributed by atoms with Gasteiger partial charge in [0.15, 0.2) is 0 Å². The van der Waals surface area contributed by atoms with Gasteiger partial charge in [-0.05, 0) is 25.3 Å².